The number of likely N-dealkylation sites (tertiary alicyclic amines) is 1. The number of halogens is 1. The van der Waals surface area contributed by atoms with Gasteiger partial charge in [0.25, 0.3) is 0 Å². The third-order valence-electron chi connectivity index (χ3n) is 5.11. The molecule has 1 aromatic heterocycles. The first-order valence-electron chi connectivity index (χ1n) is 7.94. The minimum absolute atomic E-state index is 0.195. The van der Waals surface area contributed by atoms with Gasteiger partial charge in [0.2, 0.25) is 5.91 Å². The number of nitrogens with one attached hydrogen (secondary N) is 2. The SMILES string of the molecule is Cc1[nH]nc(CN2CCC3(CC2)C(=O)NCCCN3C)c1Cl. The van der Waals surface area contributed by atoms with Crippen LogP contribution in [0.15, 0.2) is 0 Å². The van der Waals surface area contributed by atoms with Gasteiger partial charge in [-0.15, -0.1) is 0 Å². The van der Waals surface area contributed by atoms with Gasteiger partial charge >= 0.3 is 0 Å². The lowest BCUT2D eigenvalue weighted by atomic mass is 9.85. The molecule has 3 heterocycles. The van der Waals surface area contributed by atoms with Gasteiger partial charge in [0, 0.05) is 32.7 Å². The summed E-state index contributed by atoms with van der Waals surface area (Å²) >= 11 is 6.25. The van der Waals surface area contributed by atoms with Crippen LogP contribution in [0.2, 0.25) is 5.02 Å². The molecule has 1 aromatic rings. The molecule has 1 amide bonds. The summed E-state index contributed by atoms with van der Waals surface area (Å²) in [6.07, 6.45) is 2.74. The van der Waals surface area contributed by atoms with Crippen LogP contribution in [-0.4, -0.2) is 64.7 Å². The van der Waals surface area contributed by atoms with Crippen molar-refractivity contribution in [2.75, 3.05) is 33.2 Å². The van der Waals surface area contributed by atoms with E-state index in [-0.39, 0.29) is 11.4 Å². The van der Waals surface area contributed by atoms with Crippen LogP contribution in [0.3, 0.4) is 0 Å². The highest BCUT2D eigenvalue weighted by atomic mass is 35.5. The molecule has 22 heavy (non-hydrogen) atoms. The maximum Gasteiger partial charge on any atom is 0.240 e. The Hall–Kier alpha value is -1.11. The minimum atomic E-state index is -0.335. The van der Waals surface area contributed by atoms with Gasteiger partial charge in [0.1, 0.15) is 5.54 Å². The lowest BCUT2D eigenvalue weighted by Crippen LogP contribution is -2.60. The second-order valence-electron chi connectivity index (χ2n) is 6.45. The minimum Gasteiger partial charge on any atom is -0.354 e. The van der Waals surface area contributed by atoms with E-state index in [1.54, 1.807) is 0 Å². The Morgan fingerprint density at radius 3 is 2.68 bits per heavy atom. The normalized spacial score (nSPS) is 23.5. The fraction of sp³-hybridized carbons (Fsp3) is 0.733. The van der Waals surface area contributed by atoms with E-state index in [4.69, 9.17) is 11.6 Å². The van der Waals surface area contributed by atoms with E-state index in [2.05, 4.69) is 32.4 Å². The maximum absolute atomic E-state index is 12.5. The van der Waals surface area contributed by atoms with E-state index in [0.717, 1.165) is 68.4 Å². The predicted molar refractivity (Wildman–Crippen MR) is 85.8 cm³/mol. The standard InChI is InChI=1S/C15H24ClN5O/c1-11-13(16)12(19-18-11)10-21-8-4-15(5-9-21)14(22)17-6-3-7-20(15)2/h3-10H2,1-2H3,(H,17,22)(H,18,19). The number of amides is 1. The summed E-state index contributed by atoms with van der Waals surface area (Å²) in [5.74, 6) is 0.195. The molecule has 0 bridgehead atoms. The van der Waals surface area contributed by atoms with Gasteiger partial charge in [0.15, 0.2) is 0 Å². The van der Waals surface area contributed by atoms with Crippen LogP contribution in [0, 0.1) is 6.92 Å². The highest BCUT2D eigenvalue weighted by Crippen LogP contribution is 2.31. The number of aromatic amines is 1. The quantitative estimate of drug-likeness (QED) is 0.856. The Labute approximate surface area is 136 Å². The van der Waals surface area contributed by atoms with Crippen LogP contribution < -0.4 is 5.32 Å². The van der Waals surface area contributed by atoms with E-state index in [0.29, 0.717) is 0 Å². The first kappa shape index (κ1) is 15.8. The molecular formula is C15H24ClN5O. The summed E-state index contributed by atoms with van der Waals surface area (Å²) in [5.41, 5.74) is 1.47. The van der Waals surface area contributed by atoms with E-state index in [1.165, 1.54) is 0 Å². The van der Waals surface area contributed by atoms with Crippen molar-refractivity contribution < 1.29 is 4.79 Å². The number of piperidine rings is 1. The number of hydrogen-bond acceptors (Lipinski definition) is 4. The number of hydrogen-bond donors (Lipinski definition) is 2. The van der Waals surface area contributed by atoms with E-state index >= 15 is 0 Å². The molecule has 122 valence electrons. The smallest absolute Gasteiger partial charge is 0.240 e. The number of aromatic nitrogens is 2. The highest BCUT2D eigenvalue weighted by Gasteiger charge is 2.45. The Morgan fingerprint density at radius 1 is 1.32 bits per heavy atom. The maximum atomic E-state index is 12.5. The first-order chi connectivity index (χ1) is 10.5. The Kier molecular flexibility index (Phi) is 4.43. The van der Waals surface area contributed by atoms with Gasteiger partial charge in [-0.1, -0.05) is 11.6 Å². The summed E-state index contributed by atoms with van der Waals surface area (Å²) in [5, 5.41) is 11.0. The average Bonchev–Trinajstić information content (AvgIpc) is 2.76. The van der Waals surface area contributed by atoms with Crippen molar-refractivity contribution >= 4 is 17.5 Å². The Balaban J connectivity index is 1.66. The number of likely N-dealkylation sites (N-methyl/N-ethyl adjacent to an activating group) is 1. The second kappa shape index (κ2) is 6.18. The number of carbonyl (C=O) groups is 1. The van der Waals surface area contributed by atoms with Crippen LogP contribution in [-0.2, 0) is 11.3 Å². The zero-order valence-electron chi connectivity index (χ0n) is 13.3. The van der Waals surface area contributed by atoms with Crippen molar-refractivity contribution in [2.45, 2.75) is 38.3 Å². The number of H-pyrrole nitrogens is 1. The number of carbonyl (C=O) groups excluding carboxylic acids is 1. The third kappa shape index (κ3) is 2.75. The molecule has 1 spiro atoms. The van der Waals surface area contributed by atoms with Gasteiger partial charge in [-0.05, 0) is 33.2 Å². The van der Waals surface area contributed by atoms with Crippen molar-refractivity contribution in [3.8, 4) is 0 Å². The number of nitrogens with zero attached hydrogens (tertiary/aromatic N) is 3. The van der Waals surface area contributed by atoms with Gasteiger partial charge in [0.05, 0.1) is 16.4 Å². The zero-order chi connectivity index (χ0) is 15.7. The molecule has 2 saturated heterocycles. The zero-order valence-corrected chi connectivity index (χ0v) is 14.0. The average molecular weight is 326 g/mol. The van der Waals surface area contributed by atoms with Gasteiger partial charge < -0.3 is 5.32 Å². The monoisotopic (exact) mass is 325 g/mol. The molecule has 2 aliphatic heterocycles. The van der Waals surface area contributed by atoms with Gasteiger partial charge in [-0.2, -0.15) is 5.10 Å². The summed E-state index contributed by atoms with van der Waals surface area (Å²) in [4.78, 5) is 17.1. The largest absolute Gasteiger partial charge is 0.354 e. The Bertz CT molecular complexity index is 550. The molecule has 2 aliphatic rings. The fourth-order valence-electron chi connectivity index (χ4n) is 3.54. The lowest BCUT2D eigenvalue weighted by Gasteiger charge is -2.44. The van der Waals surface area contributed by atoms with E-state index < -0.39 is 0 Å². The van der Waals surface area contributed by atoms with Crippen LogP contribution in [0.1, 0.15) is 30.7 Å². The molecular weight excluding hydrogens is 302 g/mol. The van der Waals surface area contributed by atoms with Crippen LogP contribution in [0.25, 0.3) is 0 Å². The van der Waals surface area contributed by atoms with Crippen molar-refractivity contribution in [3.05, 3.63) is 16.4 Å². The number of aryl methyl sites for hydroxylation is 1. The highest BCUT2D eigenvalue weighted by molar-refractivity contribution is 6.31. The van der Waals surface area contributed by atoms with Gasteiger partial charge in [-0.25, -0.2) is 0 Å². The fourth-order valence-corrected chi connectivity index (χ4v) is 3.69. The van der Waals surface area contributed by atoms with Crippen molar-refractivity contribution in [1.29, 1.82) is 0 Å². The van der Waals surface area contributed by atoms with Gasteiger partial charge in [-0.3, -0.25) is 19.7 Å². The second-order valence-corrected chi connectivity index (χ2v) is 6.83. The molecule has 0 radical (unpaired) electrons. The van der Waals surface area contributed by atoms with Crippen LogP contribution in [0.5, 0.6) is 0 Å². The molecule has 6 nitrogen and oxygen atoms in total. The summed E-state index contributed by atoms with van der Waals surface area (Å²) < 4.78 is 0. The van der Waals surface area contributed by atoms with E-state index in [9.17, 15) is 4.79 Å². The summed E-state index contributed by atoms with van der Waals surface area (Å²) in [6.45, 7) is 6.21. The molecule has 0 unspecified atom stereocenters. The molecule has 0 aromatic carbocycles. The van der Waals surface area contributed by atoms with E-state index in [1.807, 2.05) is 6.92 Å². The van der Waals surface area contributed by atoms with Crippen molar-refractivity contribution in [1.82, 2.24) is 25.3 Å². The van der Waals surface area contributed by atoms with Crippen LogP contribution >= 0.6 is 11.6 Å². The molecule has 2 N–H and O–H groups in total. The molecule has 2 fully saturated rings. The first-order valence-corrected chi connectivity index (χ1v) is 8.32. The van der Waals surface area contributed by atoms with Crippen molar-refractivity contribution in [2.24, 2.45) is 0 Å². The lowest BCUT2D eigenvalue weighted by molar-refractivity contribution is -0.134. The molecule has 3 rings (SSSR count). The number of rotatable bonds is 2. The molecule has 0 aliphatic carbocycles. The van der Waals surface area contributed by atoms with Crippen LogP contribution in [0.4, 0.5) is 0 Å². The third-order valence-corrected chi connectivity index (χ3v) is 5.61. The summed E-state index contributed by atoms with van der Waals surface area (Å²) in [6, 6.07) is 0. The topological polar surface area (TPSA) is 64.3 Å². The Morgan fingerprint density at radius 2 is 2.05 bits per heavy atom. The van der Waals surface area contributed by atoms with Crippen molar-refractivity contribution in [3.63, 3.8) is 0 Å². The molecule has 0 saturated carbocycles. The molecule has 7 heteroatoms. The summed E-state index contributed by atoms with van der Waals surface area (Å²) in [7, 11) is 2.08. The molecule has 0 atom stereocenters. The predicted octanol–water partition coefficient (Wildman–Crippen LogP) is 1.16.